The lowest BCUT2D eigenvalue weighted by atomic mass is 10.1. The van der Waals surface area contributed by atoms with Crippen LogP contribution in [0.15, 0.2) is 30.3 Å². The number of aliphatic hydroxyl groups excluding tert-OH is 1. The van der Waals surface area contributed by atoms with Crippen molar-refractivity contribution in [3.8, 4) is 0 Å². The number of aryl methyl sites for hydroxylation is 1. The summed E-state index contributed by atoms with van der Waals surface area (Å²) in [5.41, 5.74) is 2.24. The van der Waals surface area contributed by atoms with Gasteiger partial charge in [0.1, 0.15) is 0 Å². The largest absolute Gasteiger partial charge is 0.393 e. The summed E-state index contributed by atoms with van der Waals surface area (Å²) >= 11 is 0. The molecule has 2 rings (SSSR count). The summed E-state index contributed by atoms with van der Waals surface area (Å²) in [6.45, 7) is 3.34. The van der Waals surface area contributed by atoms with Crippen LogP contribution in [0.1, 0.15) is 24.0 Å². The van der Waals surface area contributed by atoms with Gasteiger partial charge in [0.15, 0.2) is 0 Å². The van der Waals surface area contributed by atoms with E-state index in [1.54, 1.807) is 11.0 Å². The van der Waals surface area contributed by atoms with Gasteiger partial charge >= 0.3 is 0 Å². The summed E-state index contributed by atoms with van der Waals surface area (Å²) in [6, 6.07) is 8.06. The van der Waals surface area contributed by atoms with E-state index >= 15 is 0 Å². The van der Waals surface area contributed by atoms with Gasteiger partial charge in [-0.1, -0.05) is 29.8 Å². The van der Waals surface area contributed by atoms with Gasteiger partial charge < -0.3 is 10.0 Å². The molecule has 0 aliphatic carbocycles. The van der Waals surface area contributed by atoms with Crippen LogP contribution in [0.25, 0.3) is 6.08 Å². The summed E-state index contributed by atoms with van der Waals surface area (Å²) in [6.07, 6.45) is 4.58. The molecule has 3 nitrogen and oxygen atoms in total. The van der Waals surface area contributed by atoms with Crippen LogP contribution in [0.2, 0.25) is 0 Å². The van der Waals surface area contributed by atoms with Crippen molar-refractivity contribution in [2.75, 3.05) is 13.1 Å². The van der Waals surface area contributed by atoms with Crippen molar-refractivity contribution in [2.24, 2.45) is 0 Å². The number of carbonyl (C=O) groups excluding carboxylic acids is 1. The van der Waals surface area contributed by atoms with Gasteiger partial charge in [-0.15, -0.1) is 0 Å². The Bertz CT molecular complexity index is 428. The Morgan fingerprint density at radius 1 is 1.28 bits per heavy atom. The maximum atomic E-state index is 11.9. The zero-order valence-electron chi connectivity index (χ0n) is 10.7. The van der Waals surface area contributed by atoms with Crippen LogP contribution in [-0.4, -0.2) is 35.1 Å². The summed E-state index contributed by atoms with van der Waals surface area (Å²) in [7, 11) is 0. The first-order valence-corrected chi connectivity index (χ1v) is 6.37. The number of amides is 1. The Morgan fingerprint density at radius 3 is 2.50 bits per heavy atom. The van der Waals surface area contributed by atoms with Gasteiger partial charge in [0.25, 0.3) is 0 Å². The minimum absolute atomic E-state index is 0.0301. The number of hydrogen-bond donors (Lipinski definition) is 1. The van der Waals surface area contributed by atoms with Crippen molar-refractivity contribution in [1.82, 2.24) is 4.90 Å². The first-order valence-electron chi connectivity index (χ1n) is 6.37. The number of hydrogen-bond acceptors (Lipinski definition) is 2. The molecule has 1 aromatic carbocycles. The summed E-state index contributed by atoms with van der Waals surface area (Å²) < 4.78 is 0. The van der Waals surface area contributed by atoms with Gasteiger partial charge in [-0.05, 0) is 31.4 Å². The maximum Gasteiger partial charge on any atom is 0.246 e. The fourth-order valence-electron chi connectivity index (χ4n) is 2.04. The Kier molecular flexibility index (Phi) is 4.15. The van der Waals surface area contributed by atoms with Crippen LogP contribution in [-0.2, 0) is 4.79 Å². The Hall–Kier alpha value is -1.61. The second-order valence-electron chi connectivity index (χ2n) is 4.80. The first-order chi connectivity index (χ1) is 8.65. The molecule has 1 aliphatic rings. The molecule has 0 atom stereocenters. The second kappa shape index (κ2) is 5.83. The first kappa shape index (κ1) is 12.8. The van der Waals surface area contributed by atoms with E-state index in [4.69, 9.17) is 0 Å². The highest BCUT2D eigenvalue weighted by molar-refractivity contribution is 5.91. The van der Waals surface area contributed by atoms with Crippen molar-refractivity contribution in [1.29, 1.82) is 0 Å². The van der Waals surface area contributed by atoms with Crippen LogP contribution in [0.4, 0.5) is 0 Å². The van der Waals surface area contributed by atoms with E-state index < -0.39 is 0 Å². The van der Waals surface area contributed by atoms with Gasteiger partial charge in [-0.3, -0.25) is 4.79 Å². The van der Waals surface area contributed by atoms with Crippen LogP contribution in [0.5, 0.6) is 0 Å². The van der Waals surface area contributed by atoms with E-state index in [-0.39, 0.29) is 12.0 Å². The van der Waals surface area contributed by atoms with Crippen LogP contribution >= 0.6 is 0 Å². The number of likely N-dealkylation sites (tertiary alicyclic amines) is 1. The van der Waals surface area contributed by atoms with Crippen molar-refractivity contribution in [3.63, 3.8) is 0 Å². The summed E-state index contributed by atoms with van der Waals surface area (Å²) in [5, 5.41) is 9.39. The molecule has 1 aliphatic heterocycles. The lowest BCUT2D eigenvalue weighted by Crippen LogP contribution is -2.39. The van der Waals surface area contributed by atoms with Gasteiger partial charge in [0.05, 0.1) is 6.10 Å². The number of aliphatic hydroxyl groups is 1. The van der Waals surface area contributed by atoms with Gasteiger partial charge in [-0.2, -0.15) is 0 Å². The molecule has 0 saturated carbocycles. The van der Waals surface area contributed by atoms with Crippen molar-refractivity contribution < 1.29 is 9.90 Å². The van der Waals surface area contributed by atoms with E-state index in [9.17, 15) is 9.90 Å². The molecule has 0 unspecified atom stereocenters. The molecule has 0 aromatic heterocycles. The van der Waals surface area contributed by atoms with E-state index in [0.29, 0.717) is 25.9 Å². The third-order valence-corrected chi connectivity index (χ3v) is 3.27. The second-order valence-corrected chi connectivity index (χ2v) is 4.80. The molecule has 18 heavy (non-hydrogen) atoms. The Morgan fingerprint density at radius 2 is 1.89 bits per heavy atom. The molecule has 1 N–H and O–H groups in total. The third kappa shape index (κ3) is 3.44. The van der Waals surface area contributed by atoms with Crippen LogP contribution < -0.4 is 0 Å². The monoisotopic (exact) mass is 245 g/mol. The highest BCUT2D eigenvalue weighted by Gasteiger charge is 2.19. The van der Waals surface area contributed by atoms with Crippen LogP contribution in [0.3, 0.4) is 0 Å². The lowest BCUT2D eigenvalue weighted by Gasteiger charge is -2.28. The minimum atomic E-state index is -0.241. The van der Waals surface area contributed by atoms with Gasteiger partial charge in [0, 0.05) is 19.2 Å². The number of carbonyl (C=O) groups is 1. The molecule has 0 bridgehead atoms. The summed E-state index contributed by atoms with van der Waals surface area (Å²) in [4.78, 5) is 13.7. The molecule has 1 amide bonds. The number of piperidine rings is 1. The topological polar surface area (TPSA) is 40.5 Å². The van der Waals surface area contributed by atoms with Crippen molar-refractivity contribution in [3.05, 3.63) is 41.5 Å². The SMILES string of the molecule is Cc1ccc(C=CC(=O)N2CCC(O)CC2)cc1. The van der Waals surface area contributed by atoms with E-state index in [1.807, 2.05) is 37.3 Å². The fraction of sp³-hybridized carbons (Fsp3) is 0.400. The van der Waals surface area contributed by atoms with E-state index in [2.05, 4.69) is 0 Å². The number of rotatable bonds is 2. The van der Waals surface area contributed by atoms with Crippen LogP contribution in [0, 0.1) is 6.92 Å². The zero-order chi connectivity index (χ0) is 13.0. The quantitative estimate of drug-likeness (QED) is 0.809. The molecule has 1 aromatic rings. The smallest absolute Gasteiger partial charge is 0.246 e. The average molecular weight is 245 g/mol. The zero-order valence-corrected chi connectivity index (χ0v) is 10.7. The molecule has 3 heteroatoms. The van der Waals surface area contributed by atoms with Crippen molar-refractivity contribution in [2.45, 2.75) is 25.9 Å². The molecule has 96 valence electrons. The fourth-order valence-corrected chi connectivity index (χ4v) is 2.04. The number of benzene rings is 1. The van der Waals surface area contributed by atoms with Gasteiger partial charge in [-0.25, -0.2) is 0 Å². The lowest BCUT2D eigenvalue weighted by molar-refractivity contribution is -0.127. The maximum absolute atomic E-state index is 11.9. The van der Waals surface area contributed by atoms with E-state index in [0.717, 1.165) is 5.56 Å². The van der Waals surface area contributed by atoms with E-state index in [1.165, 1.54) is 5.56 Å². The predicted molar refractivity (Wildman–Crippen MR) is 72.0 cm³/mol. The molecule has 1 heterocycles. The number of nitrogens with zero attached hydrogens (tertiary/aromatic N) is 1. The highest BCUT2D eigenvalue weighted by Crippen LogP contribution is 2.11. The Balaban J connectivity index is 1.92. The molecule has 1 saturated heterocycles. The molecule has 0 spiro atoms. The van der Waals surface area contributed by atoms with Gasteiger partial charge in [0.2, 0.25) is 5.91 Å². The summed E-state index contributed by atoms with van der Waals surface area (Å²) in [5.74, 6) is 0.0301. The Labute approximate surface area is 108 Å². The highest BCUT2D eigenvalue weighted by atomic mass is 16.3. The average Bonchev–Trinajstić information content (AvgIpc) is 2.38. The third-order valence-electron chi connectivity index (χ3n) is 3.27. The molecule has 0 radical (unpaired) electrons. The normalized spacial score (nSPS) is 17.3. The molecular weight excluding hydrogens is 226 g/mol. The minimum Gasteiger partial charge on any atom is -0.393 e. The standard InChI is InChI=1S/C15H19NO2/c1-12-2-4-13(5-3-12)6-7-15(18)16-10-8-14(17)9-11-16/h2-7,14,17H,8-11H2,1H3. The van der Waals surface area contributed by atoms with Crippen molar-refractivity contribution >= 4 is 12.0 Å². The predicted octanol–water partition coefficient (Wildman–Crippen LogP) is 1.99. The molecular formula is C15H19NO2. The molecule has 1 fully saturated rings.